The van der Waals surface area contributed by atoms with E-state index in [0.717, 1.165) is 12.8 Å². The lowest BCUT2D eigenvalue weighted by molar-refractivity contribution is -0.153. The molecule has 0 aliphatic heterocycles. The van der Waals surface area contributed by atoms with E-state index in [4.69, 9.17) is 4.74 Å². The van der Waals surface area contributed by atoms with Crippen molar-refractivity contribution in [1.82, 2.24) is 5.32 Å². The Labute approximate surface area is 91.9 Å². The first-order valence-corrected chi connectivity index (χ1v) is 5.53. The third-order valence-electron chi connectivity index (χ3n) is 3.49. The third-order valence-corrected chi connectivity index (χ3v) is 3.49. The van der Waals surface area contributed by atoms with E-state index in [2.05, 4.69) is 18.8 Å². The molecule has 0 aromatic heterocycles. The summed E-state index contributed by atoms with van der Waals surface area (Å²) in [6.07, 6.45) is 3.92. The molecule has 1 saturated carbocycles. The van der Waals surface area contributed by atoms with Crippen molar-refractivity contribution in [1.29, 1.82) is 0 Å². The van der Waals surface area contributed by atoms with E-state index in [1.807, 2.05) is 13.8 Å². The standard InChI is InChI=1S/C12H21NO2/c1-5-9-13-12(4,10(14)15-6-2)11(3)7-8-11/h5,13H,1,6-9H2,2-4H3. The van der Waals surface area contributed by atoms with Gasteiger partial charge in [0.05, 0.1) is 6.61 Å². The van der Waals surface area contributed by atoms with Crippen LogP contribution < -0.4 is 5.32 Å². The summed E-state index contributed by atoms with van der Waals surface area (Å²) < 4.78 is 5.13. The summed E-state index contributed by atoms with van der Waals surface area (Å²) >= 11 is 0. The van der Waals surface area contributed by atoms with Gasteiger partial charge in [-0.1, -0.05) is 13.0 Å². The first-order chi connectivity index (χ1) is 7.00. The van der Waals surface area contributed by atoms with Crippen molar-refractivity contribution >= 4 is 5.97 Å². The van der Waals surface area contributed by atoms with Gasteiger partial charge in [0, 0.05) is 6.54 Å². The van der Waals surface area contributed by atoms with Gasteiger partial charge in [0.15, 0.2) is 0 Å². The van der Waals surface area contributed by atoms with Crippen molar-refractivity contribution in [2.75, 3.05) is 13.2 Å². The lowest BCUT2D eigenvalue weighted by atomic mass is 9.83. The Hall–Kier alpha value is -0.830. The zero-order valence-electron chi connectivity index (χ0n) is 9.93. The zero-order chi connectivity index (χ0) is 11.5. The van der Waals surface area contributed by atoms with Crippen LogP contribution in [0.25, 0.3) is 0 Å². The van der Waals surface area contributed by atoms with Crippen molar-refractivity contribution in [3.63, 3.8) is 0 Å². The predicted molar refractivity (Wildman–Crippen MR) is 60.6 cm³/mol. The molecule has 0 aromatic carbocycles. The molecular formula is C12H21NO2. The molecule has 1 fully saturated rings. The molecular weight excluding hydrogens is 190 g/mol. The van der Waals surface area contributed by atoms with E-state index < -0.39 is 5.54 Å². The molecule has 0 spiro atoms. The largest absolute Gasteiger partial charge is 0.465 e. The van der Waals surface area contributed by atoms with E-state index >= 15 is 0 Å². The molecule has 1 N–H and O–H groups in total. The second-order valence-electron chi connectivity index (χ2n) is 4.58. The summed E-state index contributed by atoms with van der Waals surface area (Å²) in [5, 5.41) is 3.24. The molecule has 86 valence electrons. The number of hydrogen-bond acceptors (Lipinski definition) is 3. The highest BCUT2D eigenvalue weighted by Crippen LogP contribution is 2.53. The van der Waals surface area contributed by atoms with Gasteiger partial charge in [-0.2, -0.15) is 0 Å². The minimum absolute atomic E-state index is 0.0439. The number of ether oxygens (including phenoxy) is 1. The Bertz CT molecular complexity index is 258. The number of esters is 1. The molecule has 0 saturated heterocycles. The molecule has 1 aliphatic carbocycles. The molecule has 0 radical (unpaired) electrons. The Morgan fingerprint density at radius 1 is 1.67 bits per heavy atom. The van der Waals surface area contributed by atoms with E-state index in [1.165, 1.54) is 0 Å². The summed E-state index contributed by atoms with van der Waals surface area (Å²) in [5.41, 5.74) is -0.528. The molecule has 1 rings (SSSR count). The van der Waals surface area contributed by atoms with Gasteiger partial charge in [0.2, 0.25) is 0 Å². The van der Waals surface area contributed by atoms with Gasteiger partial charge in [-0.25, -0.2) is 0 Å². The topological polar surface area (TPSA) is 38.3 Å². The van der Waals surface area contributed by atoms with Gasteiger partial charge in [-0.05, 0) is 32.1 Å². The summed E-state index contributed by atoms with van der Waals surface area (Å²) in [6.45, 7) is 10.6. The van der Waals surface area contributed by atoms with Crippen molar-refractivity contribution < 1.29 is 9.53 Å². The third kappa shape index (κ3) is 2.23. The maximum absolute atomic E-state index is 11.9. The fourth-order valence-corrected chi connectivity index (χ4v) is 1.77. The molecule has 1 aliphatic rings. The van der Waals surface area contributed by atoms with Crippen LogP contribution in [0.5, 0.6) is 0 Å². The summed E-state index contributed by atoms with van der Waals surface area (Å²) in [5.74, 6) is -0.146. The monoisotopic (exact) mass is 211 g/mol. The van der Waals surface area contributed by atoms with Crippen LogP contribution in [-0.2, 0) is 9.53 Å². The number of nitrogens with one attached hydrogen (secondary N) is 1. The van der Waals surface area contributed by atoms with Crippen LogP contribution >= 0.6 is 0 Å². The minimum atomic E-state index is -0.572. The highest BCUT2D eigenvalue weighted by Gasteiger charge is 2.57. The van der Waals surface area contributed by atoms with Crippen LogP contribution in [0.1, 0.15) is 33.6 Å². The predicted octanol–water partition coefficient (Wildman–Crippen LogP) is 1.88. The van der Waals surface area contributed by atoms with Gasteiger partial charge in [-0.3, -0.25) is 10.1 Å². The van der Waals surface area contributed by atoms with Crippen LogP contribution in [0.2, 0.25) is 0 Å². The highest BCUT2D eigenvalue weighted by molar-refractivity contribution is 5.82. The maximum atomic E-state index is 11.9. The van der Waals surface area contributed by atoms with Crippen LogP contribution in [-0.4, -0.2) is 24.7 Å². The van der Waals surface area contributed by atoms with Gasteiger partial charge >= 0.3 is 5.97 Å². The molecule has 0 amide bonds. The Kier molecular flexibility index (Phi) is 3.55. The van der Waals surface area contributed by atoms with Crippen LogP contribution in [0.4, 0.5) is 0 Å². The number of carbonyl (C=O) groups excluding carboxylic acids is 1. The van der Waals surface area contributed by atoms with Gasteiger partial charge in [0.25, 0.3) is 0 Å². The van der Waals surface area contributed by atoms with Gasteiger partial charge in [-0.15, -0.1) is 6.58 Å². The van der Waals surface area contributed by atoms with Gasteiger partial charge in [0.1, 0.15) is 5.54 Å². The fourth-order valence-electron chi connectivity index (χ4n) is 1.77. The molecule has 3 heteroatoms. The van der Waals surface area contributed by atoms with E-state index in [0.29, 0.717) is 13.2 Å². The van der Waals surface area contributed by atoms with E-state index in [9.17, 15) is 4.79 Å². The van der Waals surface area contributed by atoms with Crippen molar-refractivity contribution in [3.8, 4) is 0 Å². The minimum Gasteiger partial charge on any atom is -0.465 e. The quantitative estimate of drug-likeness (QED) is 0.538. The van der Waals surface area contributed by atoms with Crippen LogP contribution in [0, 0.1) is 5.41 Å². The van der Waals surface area contributed by atoms with E-state index in [-0.39, 0.29) is 11.4 Å². The lowest BCUT2D eigenvalue weighted by Gasteiger charge is -2.34. The molecule has 0 bridgehead atoms. The second kappa shape index (κ2) is 4.35. The molecule has 0 heterocycles. The second-order valence-corrected chi connectivity index (χ2v) is 4.58. The van der Waals surface area contributed by atoms with Crippen LogP contribution in [0.15, 0.2) is 12.7 Å². The van der Waals surface area contributed by atoms with Crippen LogP contribution in [0.3, 0.4) is 0 Å². The first kappa shape index (κ1) is 12.2. The Balaban J connectivity index is 2.75. The average Bonchev–Trinajstić information content (AvgIpc) is 2.94. The fraction of sp³-hybridized carbons (Fsp3) is 0.750. The van der Waals surface area contributed by atoms with Crippen molar-refractivity contribution in [3.05, 3.63) is 12.7 Å². The SMILES string of the molecule is C=CCNC(C)(C(=O)OCC)C1(C)CC1. The number of hydrogen-bond donors (Lipinski definition) is 1. The highest BCUT2D eigenvalue weighted by atomic mass is 16.5. The van der Waals surface area contributed by atoms with Crippen molar-refractivity contribution in [2.45, 2.75) is 39.2 Å². The average molecular weight is 211 g/mol. The Morgan fingerprint density at radius 3 is 2.67 bits per heavy atom. The molecule has 1 unspecified atom stereocenters. The molecule has 0 aromatic rings. The van der Waals surface area contributed by atoms with Gasteiger partial charge < -0.3 is 4.74 Å². The number of rotatable bonds is 6. The zero-order valence-corrected chi connectivity index (χ0v) is 9.93. The molecule has 3 nitrogen and oxygen atoms in total. The first-order valence-electron chi connectivity index (χ1n) is 5.53. The lowest BCUT2D eigenvalue weighted by Crippen LogP contribution is -2.56. The number of carbonyl (C=O) groups is 1. The summed E-state index contributed by atoms with van der Waals surface area (Å²) in [7, 11) is 0. The van der Waals surface area contributed by atoms with Crippen molar-refractivity contribution in [2.24, 2.45) is 5.41 Å². The molecule has 1 atom stereocenters. The normalized spacial score (nSPS) is 21.5. The summed E-state index contributed by atoms with van der Waals surface area (Å²) in [4.78, 5) is 11.9. The summed E-state index contributed by atoms with van der Waals surface area (Å²) in [6, 6.07) is 0. The Morgan fingerprint density at radius 2 is 2.27 bits per heavy atom. The van der Waals surface area contributed by atoms with E-state index in [1.54, 1.807) is 6.08 Å². The molecule has 15 heavy (non-hydrogen) atoms. The smallest absolute Gasteiger partial charge is 0.326 e. The maximum Gasteiger partial charge on any atom is 0.326 e.